The molecule has 1 aromatic heterocycles. The summed E-state index contributed by atoms with van der Waals surface area (Å²) in [6.45, 7) is 0. The number of nitrogens with one attached hydrogen (secondary N) is 2. The molecule has 0 atom stereocenters. The number of aromatic nitrogens is 2. The fourth-order valence-corrected chi connectivity index (χ4v) is 2.62. The average molecular weight is 377 g/mol. The first-order valence-electron chi connectivity index (χ1n) is 6.51. The summed E-state index contributed by atoms with van der Waals surface area (Å²) in [4.78, 5) is 12.2. The van der Waals surface area contributed by atoms with Crippen LogP contribution in [0.4, 0.5) is 5.82 Å². The third-order valence-corrected chi connectivity index (χ3v) is 4.13. The van der Waals surface area contributed by atoms with E-state index in [0.717, 1.165) is 11.3 Å². The van der Waals surface area contributed by atoms with E-state index in [1.807, 2.05) is 30.3 Å². The number of halogens is 2. The monoisotopic (exact) mass is 375 g/mol. The Labute approximate surface area is 140 Å². The van der Waals surface area contributed by atoms with Crippen LogP contribution in [0.2, 0.25) is 5.02 Å². The van der Waals surface area contributed by atoms with E-state index in [1.165, 1.54) is 0 Å². The normalized spacial score (nSPS) is 10.5. The van der Waals surface area contributed by atoms with E-state index < -0.39 is 0 Å². The highest BCUT2D eigenvalue weighted by Crippen LogP contribution is 2.31. The first kappa shape index (κ1) is 14.8. The Morgan fingerprint density at radius 3 is 2.45 bits per heavy atom. The van der Waals surface area contributed by atoms with Crippen molar-refractivity contribution in [3.8, 4) is 11.3 Å². The van der Waals surface area contributed by atoms with Crippen molar-refractivity contribution in [2.75, 3.05) is 5.32 Å². The Kier molecular flexibility index (Phi) is 4.27. The first-order valence-corrected chi connectivity index (χ1v) is 7.68. The van der Waals surface area contributed by atoms with Crippen molar-refractivity contribution in [2.24, 2.45) is 0 Å². The summed E-state index contributed by atoms with van der Waals surface area (Å²) in [7, 11) is 0. The van der Waals surface area contributed by atoms with Gasteiger partial charge in [-0.3, -0.25) is 9.89 Å². The van der Waals surface area contributed by atoms with E-state index in [4.69, 9.17) is 11.6 Å². The Morgan fingerprint density at radius 1 is 1.09 bits per heavy atom. The van der Waals surface area contributed by atoms with Gasteiger partial charge < -0.3 is 5.32 Å². The SMILES string of the molecule is O=C(Nc1n[nH]c(-c2ccccc2)c1Br)c1ccc(Cl)cc1. The second kappa shape index (κ2) is 6.34. The molecule has 0 spiro atoms. The smallest absolute Gasteiger partial charge is 0.256 e. The third-order valence-electron chi connectivity index (χ3n) is 3.11. The highest BCUT2D eigenvalue weighted by molar-refractivity contribution is 9.10. The number of carbonyl (C=O) groups excluding carboxylic acids is 1. The second-order valence-corrected chi connectivity index (χ2v) is 5.82. The maximum atomic E-state index is 12.2. The van der Waals surface area contributed by atoms with Crippen LogP contribution in [0, 0.1) is 0 Å². The topological polar surface area (TPSA) is 57.8 Å². The summed E-state index contributed by atoms with van der Waals surface area (Å²) in [6.07, 6.45) is 0. The highest BCUT2D eigenvalue weighted by atomic mass is 79.9. The van der Waals surface area contributed by atoms with Crippen molar-refractivity contribution in [3.63, 3.8) is 0 Å². The van der Waals surface area contributed by atoms with Crippen molar-refractivity contribution in [2.45, 2.75) is 0 Å². The summed E-state index contributed by atoms with van der Waals surface area (Å²) in [5.41, 5.74) is 2.31. The van der Waals surface area contributed by atoms with Crippen LogP contribution in [0.3, 0.4) is 0 Å². The zero-order chi connectivity index (χ0) is 15.5. The lowest BCUT2D eigenvalue weighted by Crippen LogP contribution is -2.12. The average Bonchev–Trinajstić information content (AvgIpc) is 2.90. The molecule has 0 fully saturated rings. The summed E-state index contributed by atoms with van der Waals surface area (Å²) in [5, 5.41) is 10.4. The van der Waals surface area contributed by atoms with Crippen molar-refractivity contribution in [1.29, 1.82) is 0 Å². The Balaban J connectivity index is 1.83. The molecule has 0 saturated heterocycles. The van der Waals surface area contributed by atoms with Crippen LogP contribution in [-0.4, -0.2) is 16.1 Å². The molecule has 0 aliphatic heterocycles. The molecule has 0 bridgehead atoms. The number of benzene rings is 2. The van der Waals surface area contributed by atoms with Crippen LogP contribution in [0.15, 0.2) is 59.1 Å². The molecule has 0 unspecified atom stereocenters. The Morgan fingerprint density at radius 2 is 1.77 bits per heavy atom. The maximum absolute atomic E-state index is 12.2. The number of carbonyl (C=O) groups is 1. The molecule has 0 aliphatic carbocycles. The largest absolute Gasteiger partial charge is 0.304 e. The fourth-order valence-electron chi connectivity index (χ4n) is 1.99. The van der Waals surface area contributed by atoms with Crippen LogP contribution >= 0.6 is 27.5 Å². The molecule has 1 amide bonds. The van der Waals surface area contributed by atoms with Crippen LogP contribution in [0.1, 0.15) is 10.4 Å². The molecule has 2 N–H and O–H groups in total. The van der Waals surface area contributed by atoms with Crippen molar-refractivity contribution in [3.05, 3.63) is 69.7 Å². The molecule has 0 aliphatic rings. The number of nitrogens with zero attached hydrogens (tertiary/aromatic N) is 1. The van der Waals surface area contributed by atoms with Gasteiger partial charge in [0.1, 0.15) is 0 Å². The molecule has 3 rings (SSSR count). The van der Waals surface area contributed by atoms with Gasteiger partial charge in [0.15, 0.2) is 5.82 Å². The zero-order valence-electron chi connectivity index (χ0n) is 11.3. The van der Waals surface area contributed by atoms with E-state index in [-0.39, 0.29) is 5.91 Å². The van der Waals surface area contributed by atoms with Gasteiger partial charge in [-0.05, 0) is 40.2 Å². The molecule has 3 aromatic rings. The third kappa shape index (κ3) is 3.05. The Bertz CT molecular complexity index is 800. The number of hydrogen-bond acceptors (Lipinski definition) is 2. The number of anilines is 1. The summed E-state index contributed by atoms with van der Waals surface area (Å²) in [5.74, 6) is 0.197. The van der Waals surface area contributed by atoms with Crippen LogP contribution in [0.25, 0.3) is 11.3 Å². The molecule has 22 heavy (non-hydrogen) atoms. The lowest BCUT2D eigenvalue weighted by Gasteiger charge is -2.03. The quantitative estimate of drug-likeness (QED) is 0.693. The number of H-pyrrole nitrogens is 1. The van der Waals surface area contributed by atoms with E-state index in [1.54, 1.807) is 24.3 Å². The summed E-state index contributed by atoms with van der Waals surface area (Å²) in [6, 6.07) is 16.4. The van der Waals surface area contributed by atoms with E-state index in [0.29, 0.717) is 20.9 Å². The van der Waals surface area contributed by atoms with Gasteiger partial charge in [-0.1, -0.05) is 41.9 Å². The number of rotatable bonds is 3. The van der Waals surface area contributed by atoms with Gasteiger partial charge in [0, 0.05) is 16.1 Å². The molecule has 0 saturated carbocycles. The molecule has 2 aromatic carbocycles. The molecular formula is C16H11BrClN3O. The minimum atomic E-state index is -0.247. The first-order chi connectivity index (χ1) is 10.6. The van der Waals surface area contributed by atoms with E-state index in [9.17, 15) is 4.79 Å². The van der Waals surface area contributed by atoms with Gasteiger partial charge in [0.05, 0.1) is 10.2 Å². The van der Waals surface area contributed by atoms with E-state index in [2.05, 4.69) is 31.4 Å². The molecule has 4 nitrogen and oxygen atoms in total. The maximum Gasteiger partial charge on any atom is 0.256 e. The molecule has 0 radical (unpaired) electrons. The van der Waals surface area contributed by atoms with Crippen molar-refractivity contribution in [1.82, 2.24) is 10.2 Å². The van der Waals surface area contributed by atoms with Crippen molar-refractivity contribution < 1.29 is 4.79 Å². The Hall–Kier alpha value is -2.11. The highest BCUT2D eigenvalue weighted by Gasteiger charge is 2.15. The minimum absolute atomic E-state index is 0.247. The van der Waals surface area contributed by atoms with Gasteiger partial charge in [0.2, 0.25) is 0 Å². The predicted molar refractivity (Wildman–Crippen MR) is 91.1 cm³/mol. The summed E-state index contributed by atoms with van der Waals surface area (Å²) < 4.78 is 0.709. The molecule has 1 heterocycles. The van der Waals surface area contributed by atoms with E-state index >= 15 is 0 Å². The van der Waals surface area contributed by atoms with Crippen LogP contribution < -0.4 is 5.32 Å². The molecule has 6 heteroatoms. The summed E-state index contributed by atoms with van der Waals surface area (Å²) >= 11 is 9.29. The predicted octanol–water partition coefficient (Wildman–Crippen LogP) is 4.74. The van der Waals surface area contributed by atoms with Crippen LogP contribution in [-0.2, 0) is 0 Å². The van der Waals surface area contributed by atoms with Gasteiger partial charge in [0.25, 0.3) is 5.91 Å². The minimum Gasteiger partial charge on any atom is -0.304 e. The number of amides is 1. The fraction of sp³-hybridized carbons (Fsp3) is 0. The van der Waals surface area contributed by atoms with Gasteiger partial charge >= 0.3 is 0 Å². The molecular weight excluding hydrogens is 366 g/mol. The molecule has 110 valence electrons. The van der Waals surface area contributed by atoms with Gasteiger partial charge in [-0.15, -0.1) is 0 Å². The standard InChI is InChI=1S/C16H11BrClN3O/c17-13-14(10-4-2-1-3-5-10)20-21-15(13)19-16(22)11-6-8-12(18)9-7-11/h1-9H,(H2,19,20,21,22). The van der Waals surface area contributed by atoms with Gasteiger partial charge in [-0.25, -0.2) is 0 Å². The van der Waals surface area contributed by atoms with Crippen molar-refractivity contribution >= 4 is 39.3 Å². The lowest BCUT2D eigenvalue weighted by atomic mass is 10.1. The lowest BCUT2D eigenvalue weighted by molar-refractivity contribution is 0.102. The van der Waals surface area contributed by atoms with Gasteiger partial charge in [-0.2, -0.15) is 5.10 Å². The van der Waals surface area contributed by atoms with Crippen LogP contribution in [0.5, 0.6) is 0 Å². The zero-order valence-corrected chi connectivity index (χ0v) is 13.6. The second-order valence-electron chi connectivity index (χ2n) is 4.59. The number of hydrogen-bond donors (Lipinski definition) is 2. The number of aromatic amines is 1.